The number of nitrogen functional groups attached to an aromatic ring is 1. The van der Waals surface area contributed by atoms with Crippen LogP contribution in [0.2, 0.25) is 5.02 Å². The van der Waals surface area contributed by atoms with E-state index >= 15 is 0 Å². The molecule has 0 spiro atoms. The highest BCUT2D eigenvalue weighted by Crippen LogP contribution is 2.22. The first-order chi connectivity index (χ1) is 9.38. The average Bonchev–Trinajstić information content (AvgIpc) is 2.79. The van der Waals surface area contributed by atoms with Gasteiger partial charge < -0.3 is 10.2 Å². The van der Waals surface area contributed by atoms with Gasteiger partial charge in [0.05, 0.1) is 12.0 Å². The highest BCUT2D eigenvalue weighted by molar-refractivity contribution is 7.89. The second-order valence-corrected chi connectivity index (χ2v) is 6.61. The number of benzene rings is 1. The largest absolute Gasteiger partial charge is 0.469 e. The van der Waals surface area contributed by atoms with Crippen molar-refractivity contribution in [1.29, 1.82) is 0 Å². The van der Waals surface area contributed by atoms with E-state index in [9.17, 15) is 8.42 Å². The van der Waals surface area contributed by atoms with Gasteiger partial charge >= 0.3 is 0 Å². The number of hydrogen-bond acceptors (Lipinski definition) is 4. The molecular weight excluding hydrogens is 300 g/mol. The normalized spacial score (nSPS) is 13.3. The number of hydrogen-bond donors (Lipinski definition) is 2. The molecule has 0 bridgehead atoms. The Bertz CT molecular complexity index is 684. The van der Waals surface area contributed by atoms with Crippen LogP contribution in [-0.4, -0.2) is 14.5 Å². The van der Waals surface area contributed by atoms with E-state index < -0.39 is 10.0 Å². The Morgan fingerprint density at radius 2 is 2.15 bits per heavy atom. The molecule has 1 atom stereocenters. The lowest BCUT2D eigenvalue weighted by atomic mass is 10.2. The number of sulfonamides is 1. The first-order valence-electron chi connectivity index (χ1n) is 5.98. The monoisotopic (exact) mass is 314 g/mol. The summed E-state index contributed by atoms with van der Waals surface area (Å²) in [4.78, 5) is 0.0215. The van der Waals surface area contributed by atoms with Gasteiger partial charge in [0.1, 0.15) is 10.7 Å². The summed E-state index contributed by atoms with van der Waals surface area (Å²) in [6.07, 6.45) is 2.01. The zero-order valence-electron chi connectivity index (χ0n) is 10.8. The third-order valence-corrected chi connectivity index (χ3v) is 4.60. The number of anilines is 1. The Morgan fingerprint density at radius 1 is 1.40 bits per heavy atom. The molecule has 1 heterocycles. The summed E-state index contributed by atoms with van der Waals surface area (Å²) in [5.41, 5.74) is 5.82. The van der Waals surface area contributed by atoms with E-state index in [0.29, 0.717) is 17.2 Å². The van der Waals surface area contributed by atoms with Crippen molar-refractivity contribution in [3.8, 4) is 0 Å². The number of nitrogens with one attached hydrogen (secondary N) is 1. The summed E-state index contributed by atoms with van der Waals surface area (Å²) in [5, 5.41) is 0.394. The van der Waals surface area contributed by atoms with E-state index in [-0.39, 0.29) is 16.6 Å². The SMILES string of the molecule is CC(Cc1ccco1)NS(=O)(=O)c1ccc(Cl)cc1N. The second-order valence-electron chi connectivity index (χ2n) is 4.49. The van der Waals surface area contributed by atoms with E-state index in [1.807, 2.05) is 0 Å². The average molecular weight is 315 g/mol. The highest BCUT2D eigenvalue weighted by Gasteiger charge is 2.20. The van der Waals surface area contributed by atoms with E-state index in [0.717, 1.165) is 0 Å². The zero-order valence-corrected chi connectivity index (χ0v) is 12.4. The smallest absolute Gasteiger partial charge is 0.242 e. The molecule has 20 heavy (non-hydrogen) atoms. The summed E-state index contributed by atoms with van der Waals surface area (Å²) in [5.74, 6) is 0.712. The maximum absolute atomic E-state index is 12.2. The van der Waals surface area contributed by atoms with Gasteiger partial charge in [-0.1, -0.05) is 11.6 Å². The topological polar surface area (TPSA) is 85.3 Å². The van der Waals surface area contributed by atoms with Crippen molar-refractivity contribution in [3.05, 3.63) is 47.4 Å². The van der Waals surface area contributed by atoms with Crippen molar-refractivity contribution in [2.75, 3.05) is 5.73 Å². The van der Waals surface area contributed by atoms with E-state index in [2.05, 4.69) is 4.72 Å². The second kappa shape index (κ2) is 5.87. The van der Waals surface area contributed by atoms with Crippen molar-refractivity contribution in [2.45, 2.75) is 24.3 Å². The van der Waals surface area contributed by atoms with Crippen LogP contribution in [0.25, 0.3) is 0 Å². The van der Waals surface area contributed by atoms with Crippen LogP contribution in [0, 0.1) is 0 Å². The Kier molecular flexibility index (Phi) is 4.37. The van der Waals surface area contributed by atoms with E-state index in [4.69, 9.17) is 21.8 Å². The molecule has 0 saturated heterocycles. The molecule has 0 aliphatic heterocycles. The third kappa shape index (κ3) is 3.53. The van der Waals surface area contributed by atoms with Gasteiger partial charge in [-0.05, 0) is 37.3 Å². The lowest BCUT2D eigenvalue weighted by Gasteiger charge is -2.14. The molecule has 1 aromatic heterocycles. The van der Waals surface area contributed by atoms with Crippen LogP contribution in [0.1, 0.15) is 12.7 Å². The van der Waals surface area contributed by atoms with E-state index in [1.165, 1.54) is 18.2 Å². The van der Waals surface area contributed by atoms with Gasteiger partial charge in [-0.25, -0.2) is 13.1 Å². The molecule has 7 heteroatoms. The lowest BCUT2D eigenvalue weighted by molar-refractivity contribution is 0.479. The van der Waals surface area contributed by atoms with Crippen molar-refractivity contribution >= 4 is 27.3 Å². The quantitative estimate of drug-likeness (QED) is 0.830. The molecule has 0 saturated carbocycles. The Labute approximate surface area is 122 Å². The van der Waals surface area contributed by atoms with Gasteiger partial charge in [-0.2, -0.15) is 0 Å². The number of rotatable bonds is 5. The van der Waals surface area contributed by atoms with Crippen molar-refractivity contribution in [1.82, 2.24) is 4.72 Å². The van der Waals surface area contributed by atoms with Crippen LogP contribution in [0.15, 0.2) is 45.9 Å². The lowest BCUT2D eigenvalue weighted by Crippen LogP contribution is -2.34. The molecule has 108 valence electrons. The number of furan rings is 1. The van der Waals surface area contributed by atoms with Crippen molar-refractivity contribution in [2.24, 2.45) is 0 Å². The number of nitrogens with two attached hydrogens (primary N) is 1. The third-order valence-electron chi connectivity index (χ3n) is 2.71. The minimum atomic E-state index is -3.69. The molecular formula is C13H15ClN2O3S. The Hall–Kier alpha value is -1.50. The maximum Gasteiger partial charge on any atom is 0.242 e. The highest BCUT2D eigenvalue weighted by atomic mass is 35.5. The zero-order chi connectivity index (χ0) is 14.8. The fourth-order valence-electron chi connectivity index (χ4n) is 1.86. The van der Waals surface area contributed by atoms with Gasteiger partial charge in [0.2, 0.25) is 10.0 Å². The standard InChI is InChI=1S/C13H15ClN2O3S/c1-9(7-11-3-2-6-19-11)16-20(17,18)13-5-4-10(14)8-12(13)15/h2-6,8-9,16H,7,15H2,1H3. The molecule has 0 fully saturated rings. The molecule has 0 radical (unpaired) electrons. The minimum Gasteiger partial charge on any atom is -0.469 e. The minimum absolute atomic E-state index is 0.0215. The van der Waals surface area contributed by atoms with E-state index in [1.54, 1.807) is 25.3 Å². The van der Waals surface area contributed by atoms with Crippen LogP contribution in [0.3, 0.4) is 0 Å². The van der Waals surface area contributed by atoms with Gasteiger partial charge in [0, 0.05) is 17.5 Å². The Balaban J connectivity index is 2.14. The predicted octanol–water partition coefficient (Wildman–Crippen LogP) is 2.42. The predicted molar refractivity (Wildman–Crippen MR) is 78.1 cm³/mol. The Morgan fingerprint density at radius 3 is 2.75 bits per heavy atom. The van der Waals surface area contributed by atoms with Gasteiger partial charge in [-0.3, -0.25) is 0 Å². The molecule has 5 nitrogen and oxygen atoms in total. The molecule has 2 rings (SSSR count). The van der Waals surface area contributed by atoms with Crippen molar-refractivity contribution < 1.29 is 12.8 Å². The van der Waals surface area contributed by atoms with Gasteiger partial charge in [-0.15, -0.1) is 0 Å². The molecule has 0 amide bonds. The first kappa shape index (κ1) is 14.9. The first-order valence-corrected chi connectivity index (χ1v) is 7.84. The molecule has 2 aromatic rings. The summed E-state index contributed by atoms with van der Waals surface area (Å²) < 4.78 is 32.2. The number of halogens is 1. The van der Waals surface area contributed by atoms with Crippen LogP contribution >= 0.6 is 11.6 Å². The molecule has 0 aliphatic rings. The van der Waals surface area contributed by atoms with Gasteiger partial charge in [0.25, 0.3) is 0 Å². The molecule has 1 aromatic carbocycles. The van der Waals surface area contributed by atoms with Crippen LogP contribution in [0.5, 0.6) is 0 Å². The van der Waals surface area contributed by atoms with Crippen LogP contribution < -0.4 is 10.5 Å². The van der Waals surface area contributed by atoms with Gasteiger partial charge in [0.15, 0.2) is 0 Å². The van der Waals surface area contributed by atoms with Crippen molar-refractivity contribution in [3.63, 3.8) is 0 Å². The fourth-order valence-corrected chi connectivity index (χ4v) is 3.40. The van der Waals surface area contributed by atoms with Crippen LogP contribution in [0.4, 0.5) is 5.69 Å². The summed E-state index contributed by atoms with van der Waals surface area (Å²) in [6, 6.07) is 7.52. The molecule has 0 aliphatic carbocycles. The summed E-state index contributed by atoms with van der Waals surface area (Å²) >= 11 is 5.76. The molecule has 1 unspecified atom stereocenters. The van der Waals surface area contributed by atoms with Crippen LogP contribution in [-0.2, 0) is 16.4 Å². The molecule has 3 N–H and O–H groups in total. The summed E-state index contributed by atoms with van der Waals surface area (Å²) in [6.45, 7) is 1.76. The summed E-state index contributed by atoms with van der Waals surface area (Å²) in [7, 11) is -3.69. The maximum atomic E-state index is 12.2. The fraction of sp³-hybridized carbons (Fsp3) is 0.231.